The first kappa shape index (κ1) is 19.8. The Morgan fingerprint density at radius 3 is 2.44 bits per heavy atom. The molecule has 1 aliphatic rings. The van der Waals surface area contributed by atoms with Gasteiger partial charge in [0.05, 0.1) is 54.2 Å². The fraction of sp³-hybridized carbons (Fsp3) is 0.350. The minimum Gasteiger partial charge on any atom is -0.492 e. The van der Waals surface area contributed by atoms with Crippen LogP contribution in [-0.4, -0.2) is 45.2 Å². The average Bonchev–Trinajstić information content (AvgIpc) is 2.66. The zero-order valence-corrected chi connectivity index (χ0v) is 16.8. The Morgan fingerprint density at radius 1 is 1.11 bits per heavy atom. The number of quaternary nitrogens is 1. The second kappa shape index (κ2) is 9.31. The molecule has 2 aromatic carbocycles. The number of para-hydroxylation sites is 3. The van der Waals surface area contributed by atoms with Crippen LogP contribution in [-0.2, 0) is 4.79 Å². The lowest BCUT2D eigenvalue weighted by atomic mass is 10.2. The van der Waals surface area contributed by atoms with E-state index in [4.69, 9.17) is 27.9 Å². The van der Waals surface area contributed by atoms with E-state index in [1.54, 1.807) is 18.2 Å². The highest BCUT2D eigenvalue weighted by molar-refractivity contribution is 6.39. The maximum absolute atomic E-state index is 12.4. The predicted octanol–water partition coefficient (Wildman–Crippen LogP) is 2.74. The Morgan fingerprint density at radius 2 is 1.78 bits per heavy atom. The van der Waals surface area contributed by atoms with Gasteiger partial charge < -0.3 is 19.9 Å². The molecule has 3 rings (SSSR count). The van der Waals surface area contributed by atoms with Crippen molar-refractivity contribution in [2.45, 2.75) is 6.92 Å². The van der Waals surface area contributed by atoms with E-state index in [9.17, 15) is 4.79 Å². The van der Waals surface area contributed by atoms with Gasteiger partial charge in [-0.15, -0.1) is 0 Å². The molecule has 0 saturated carbocycles. The third-order valence-electron chi connectivity index (χ3n) is 4.61. The van der Waals surface area contributed by atoms with Crippen LogP contribution in [0.15, 0.2) is 42.5 Å². The molecule has 0 atom stereocenters. The normalized spacial score (nSPS) is 14.9. The summed E-state index contributed by atoms with van der Waals surface area (Å²) < 4.78 is 5.73. The Bertz CT molecular complexity index is 772. The molecular weight excluding hydrogens is 385 g/mol. The number of anilines is 2. The Hall–Kier alpha value is -1.95. The number of halogens is 2. The zero-order chi connectivity index (χ0) is 19.2. The molecule has 7 heteroatoms. The summed E-state index contributed by atoms with van der Waals surface area (Å²) in [6.45, 7) is 6.53. The quantitative estimate of drug-likeness (QED) is 0.772. The van der Waals surface area contributed by atoms with Crippen LogP contribution >= 0.6 is 23.2 Å². The number of rotatable bonds is 6. The third kappa shape index (κ3) is 5.06. The van der Waals surface area contributed by atoms with Crippen molar-refractivity contribution in [3.8, 4) is 5.75 Å². The number of piperazine rings is 1. The van der Waals surface area contributed by atoms with Gasteiger partial charge in [0.1, 0.15) is 5.75 Å². The first-order valence-electron chi connectivity index (χ1n) is 9.12. The summed E-state index contributed by atoms with van der Waals surface area (Å²) in [5, 5.41) is 3.73. The van der Waals surface area contributed by atoms with E-state index < -0.39 is 0 Å². The van der Waals surface area contributed by atoms with Gasteiger partial charge in [0.2, 0.25) is 0 Å². The van der Waals surface area contributed by atoms with E-state index in [2.05, 4.69) is 16.3 Å². The van der Waals surface area contributed by atoms with Gasteiger partial charge >= 0.3 is 0 Å². The fourth-order valence-electron chi connectivity index (χ4n) is 3.26. The molecule has 0 unspecified atom stereocenters. The van der Waals surface area contributed by atoms with Gasteiger partial charge in [-0.3, -0.25) is 4.79 Å². The molecule has 1 aliphatic heterocycles. The number of benzene rings is 2. The predicted molar refractivity (Wildman–Crippen MR) is 110 cm³/mol. The van der Waals surface area contributed by atoms with Crippen LogP contribution in [0.5, 0.6) is 5.75 Å². The Balaban J connectivity index is 1.55. The molecule has 144 valence electrons. The van der Waals surface area contributed by atoms with Crippen molar-refractivity contribution >= 4 is 40.5 Å². The molecule has 5 nitrogen and oxygen atoms in total. The zero-order valence-electron chi connectivity index (χ0n) is 15.3. The summed E-state index contributed by atoms with van der Waals surface area (Å²) in [5.41, 5.74) is 1.60. The highest BCUT2D eigenvalue weighted by Crippen LogP contribution is 2.30. The van der Waals surface area contributed by atoms with Crippen molar-refractivity contribution < 1.29 is 14.4 Å². The minimum absolute atomic E-state index is 0.0804. The van der Waals surface area contributed by atoms with Crippen molar-refractivity contribution in [3.63, 3.8) is 0 Å². The number of amides is 1. The summed E-state index contributed by atoms with van der Waals surface area (Å²) in [6.07, 6.45) is 0. The van der Waals surface area contributed by atoms with E-state index in [0.717, 1.165) is 37.6 Å². The van der Waals surface area contributed by atoms with E-state index in [-0.39, 0.29) is 5.91 Å². The molecule has 0 aromatic heterocycles. The maximum atomic E-state index is 12.4. The van der Waals surface area contributed by atoms with Gasteiger partial charge in [-0.1, -0.05) is 41.4 Å². The van der Waals surface area contributed by atoms with E-state index in [1.807, 2.05) is 25.1 Å². The molecule has 1 heterocycles. The van der Waals surface area contributed by atoms with Crippen molar-refractivity contribution in [2.24, 2.45) is 0 Å². The van der Waals surface area contributed by atoms with Crippen LogP contribution < -0.4 is 19.9 Å². The van der Waals surface area contributed by atoms with E-state index in [0.29, 0.717) is 28.9 Å². The van der Waals surface area contributed by atoms with Crippen LogP contribution in [0, 0.1) is 0 Å². The number of carbonyl (C=O) groups excluding carboxylic acids is 1. The summed E-state index contributed by atoms with van der Waals surface area (Å²) in [6, 6.07) is 13.3. The van der Waals surface area contributed by atoms with Crippen molar-refractivity contribution in [1.82, 2.24) is 0 Å². The van der Waals surface area contributed by atoms with Crippen molar-refractivity contribution in [2.75, 3.05) is 49.5 Å². The highest BCUT2D eigenvalue weighted by Gasteiger charge is 2.24. The number of nitrogens with zero attached hydrogens (tertiary/aromatic N) is 1. The Kier molecular flexibility index (Phi) is 6.83. The van der Waals surface area contributed by atoms with Gasteiger partial charge in [0.25, 0.3) is 5.91 Å². The van der Waals surface area contributed by atoms with Gasteiger partial charge in [0, 0.05) is 0 Å². The highest BCUT2D eigenvalue weighted by atomic mass is 35.5. The summed E-state index contributed by atoms with van der Waals surface area (Å²) in [4.78, 5) is 15.9. The smallest absolute Gasteiger partial charge is 0.279 e. The Labute approximate surface area is 169 Å². The number of carbonyl (C=O) groups is 1. The molecule has 2 aromatic rings. The van der Waals surface area contributed by atoms with Crippen LogP contribution in [0.3, 0.4) is 0 Å². The first-order chi connectivity index (χ1) is 13.1. The van der Waals surface area contributed by atoms with Crippen LogP contribution in [0.25, 0.3) is 0 Å². The molecule has 1 amide bonds. The standard InChI is InChI=1S/C20H23Cl2N3O2/c1-2-27-18-9-4-3-8-17(18)25-12-10-24(11-13-25)14-19(26)23-20-15(21)6-5-7-16(20)22/h3-9H,2,10-14H2,1H3,(H,23,26)/p+1. The summed E-state index contributed by atoms with van der Waals surface area (Å²) in [5.74, 6) is 0.831. The lowest BCUT2D eigenvalue weighted by molar-refractivity contribution is -0.892. The molecule has 0 spiro atoms. The first-order valence-corrected chi connectivity index (χ1v) is 9.88. The van der Waals surface area contributed by atoms with Crippen LogP contribution in [0.4, 0.5) is 11.4 Å². The topological polar surface area (TPSA) is 46.0 Å². The molecule has 0 aliphatic carbocycles. The SMILES string of the molecule is CCOc1ccccc1N1CC[NH+](CC(=O)Nc2c(Cl)cccc2Cl)CC1. The monoisotopic (exact) mass is 408 g/mol. The molecule has 0 radical (unpaired) electrons. The van der Waals surface area contributed by atoms with Gasteiger partial charge in [-0.05, 0) is 31.2 Å². The summed E-state index contributed by atoms with van der Waals surface area (Å²) >= 11 is 12.2. The molecule has 1 fully saturated rings. The van der Waals surface area contributed by atoms with E-state index >= 15 is 0 Å². The molecule has 27 heavy (non-hydrogen) atoms. The number of ether oxygens (including phenoxy) is 1. The van der Waals surface area contributed by atoms with Crippen LogP contribution in [0.2, 0.25) is 10.0 Å². The minimum atomic E-state index is -0.0804. The maximum Gasteiger partial charge on any atom is 0.279 e. The van der Waals surface area contributed by atoms with Crippen molar-refractivity contribution in [1.29, 1.82) is 0 Å². The van der Waals surface area contributed by atoms with Gasteiger partial charge in [-0.25, -0.2) is 0 Å². The third-order valence-corrected chi connectivity index (χ3v) is 5.24. The molecule has 2 N–H and O–H groups in total. The largest absolute Gasteiger partial charge is 0.492 e. The van der Waals surface area contributed by atoms with Crippen LogP contribution in [0.1, 0.15) is 6.92 Å². The lowest BCUT2D eigenvalue weighted by Gasteiger charge is -2.34. The number of hydrogen-bond donors (Lipinski definition) is 2. The molecule has 1 saturated heterocycles. The summed E-state index contributed by atoms with van der Waals surface area (Å²) in [7, 11) is 0. The second-order valence-corrected chi connectivity index (χ2v) is 7.27. The average molecular weight is 409 g/mol. The molecule has 0 bridgehead atoms. The number of hydrogen-bond acceptors (Lipinski definition) is 3. The number of nitrogens with one attached hydrogen (secondary N) is 2. The van der Waals surface area contributed by atoms with E-state index in [1.165, 1.54) is 4.90 Å². The van der Waals surface area contributed by atoms with Crippen molar-refractivity contribution in [3.05, 3.63) is 52.5 Å². The van der Waals surface area contributed by atoms with Gasteiger partial charge in [0.15, 0.2) is 6.54 Å². The fourth-order valence-corrected chi connectivity index (χ4v) is 3.76. The molecular formula is C20H24Cl2N3O2+. The second-order valence-electron chi connectivity index (χ2n) is 6.46. The van der Waals surface area contributed by atoms with Gasteiger partial charge in [-0.2, -0.15) is 0 Å². The lowest BCUT2D eigenvalue weighted by Crippen LogP contribution is -3.15.